The molecule has 2 aromatic rings. The van der Waals surface area contributed by atoms with Crippen molar-refractivity contribution in [2.75, 3.05) is 6.79 Å². The molecule has 1 aromatic heterocycles. The smallest absolute Gasteiger partial charge is 0.339 e. The molecular formula is C10H6O5. The van der Waals surface area contributed by atoms with Crippen LogP contribution in [0, 0.1) is 0 Å². The molecule has 1 N–H and O–H groups in total. The number of carbonyl (C=O) groups is 1. The number of carboxylic acids is 1. The van der Waals surface area contributed by atoms with Crippen molar-refractivity contribution in [3.63, 3.8) is 0 Å². The number of benzene rings is 1. The second kappa shape index (κ2) is 2.66. The summed E-state index contributed by atoms with van der Waals surface area (Å²) in [6.07, 6.45) is 1.21. The fourth-order valence-corrected chi connectivity index (χ4v) is 1.58. The van der Waals surface area contributed by atoms with Gasteiger partial charge in [0.1, 0.15) is 17.4 Å². The Balaban J connectivity index is 2.31. The zero-order valence-electron chi connectivity index (χ0n) is 7.52. The van der Waals surface area contributed by atoms with E-state index in [4.69, 9.17) is 19.0 Å². The highest BCUT2D eigenvalue weighted by Crippen LogP contribution is 2.37. The van der Waals surface area contributed by atoms with E-state index in [0.717, 1.165) is 0 Å². The summed E-state index contributed by atoms with van der Waals surface area (Å²) in [6, 6.07) is 3.24. The summed E-state index contributed by atoms with van der Waals surface area (Å²) in [5.41, 5.74) is 0.611. The van der Waals surface area contributed by atoms with Crippen LogP contribution >= 0.6 is 0 Å². The first-order chi connectivity index (χ1) is 7.25. The molecule has 0 aliphatic carbocycles. The predicted octanol–water partition coefficient (Wildman–Crippen LogP) is 1.86. The van der Waals surface area contributed by atoms with Crippen LogP contribution in [0.15, 0.2) is 22.8 Å². The Morgan fingerprint density at radius 1 is 1.27 bits per heavy atom. The van der Waals surface area contributed by atoms with Crippen molar-refractivity contribution in [3.05, 3.63) is 24.0 Å². The lowest BCUT2D eigenvalue weighted by Crippen LogP contribution is -1.93. The molecule has 15 heavy (non-hydrogen) atoms. The zero-order valence-corrected chi connectivity index (χ0v) is 7.52. The van der Waals surface area contributed by atoms with Gasteiger partial charge in [0.25, 0.3) is 0 Å². The van der Waals surface area contributed by atoms with Gasteiger partial charge in [-0.25, -0.2) is 4.79 Å². The maximum atomic E-state index is 10.8. The number of carboxylic acid groups (broad SMARTS) is 1. The van der Waals surface area contributed by atoms with Crippen LogP contribution in [0.4, 0.5) is 0 Å². The summed E-state index contributed by atoms with van der Waals surface area (Å²) in [7, 11) is 0. The summed E-state index contributed by atoms with van der Waals surface area (Å²) in [5.74, 6) is 0.104. The number of fused-ring (bicyclic) bond motifs is 2. The minimum Gasteiger partial charge on any atom is -0.478 e. The third kappa shape index (κ3) is 1.06. The van der Waals surface area contributed by atoms with Crippen molar-refractivity contribution in [2.45, 2.75) is 0 Å². The Morgan fingerprint density at radius 2 is 2.00 bits per heavy atom. The van der Waals surface area contributed by atoms with Crippen molar-refractivity contribution >= 4 is 16.9 Å². The largest absolute Gasteiger partial charge is 0.478 e. The molecule has 0 saturated heterocycles. The molecule has 3 rings (SSSR count). The van der Waals surface area contributed by atoms with Crippen LogP contribution in [-0.4, -0.2) is 17.9 Å². The minimum absolute atomic E-state index is 0.128. The topological polar surface area (TPSA) is 68.9 Å². The Kier molecular flexibility index (Phi) is 1.45. The van der Waals surface area contributed by atoms with Crippen LogP contribution in [-0.2, 0) is 0 Å². The highest BCUT2D eigenvalue weighted by molar-refractivity contribution is 6.03. The summed E-state index contributed by atoms with van der Waals surface area (Å²) in [4.78, 5) is 10.8. The summed E-state index contributed by atoms with van der Waals surface area (Å²) >= 11 is 0. The molecule has 0 fully saturated rings. The van der Waals surface area contributed by atoms with E-state index in [2.05, 4.69) is 0 Å². The van der Waals surface area contributed by atoms with Gasteiger partial charge in [-0.2, -0.15) is 0 Å². The Labute approximate surface area is 83.8 Å². The average molecular weight is 206 g/mol. The summed E-state index contributed by atoms with van der Waals surface area (Å²) in [5, 5.41) is 9.41. The van der Waals surface area contributed by atoms with Gasteiger partial charge in [0.2, 0.25) is 6.79 Å². The lowest BCUT2D eigenvalue weighted by Gasteiger charge is -1.95. The van der Waals surface area contributed by atoms with E-state index in [1.165, 1.54) is 6.26 Å². The van der Waals surface area contributed by atoms with E-state index < -0.39 is 5.97 Å². The van der Waals surface area contributed by atoms with Gasteiger partial charge in [0.05, 0.1) is 0 Å². The average Bonchev–Trinajstić information content (AvgIpc) is 2.77. The molecule has 0 radical (unpaired) electrons. The molecule has 5 heteroatoms. The maximum absolute atomic E-state index is 10.8. The number of hydrogen-bond donors (Lipinski definition) is 1. The molecule has 0 amide bonds. The van der Waals surface area contributed by atoms with Crippen molar-refractivity contribution in [2.24, 2.45) is 0 Å². The van der Waals surface area contributed by atoms with Crippen LogP contribution in [0.1, 0.15) is 10.4 Å². The van der Waals surface area contributed by atoms with E-state index in [1.54, 1.807) is 12.1 Å². The number of furan rings is 1. The fraction of sp³-hybridized carbons (Fsp3) is 0.100. The van der Waals surface area contributed by atoms with Crippen molar-refractivity contribution < 1.29 is 23.8 Å². The van der Waals surface area contributed by atoms with E-state index in [-0.39, 0.29) is 12.4 Å². The first-order valence-electron chi connectivity index (χ1n) is 4.30. The third-order valence-corrected chi connectivity index (χ3v) is 2.30. The van der Waals surface area contributed by atoms with E-state index in [1.807, 2.05) is 0 Å². The Hall–Kier alpha value is -2.17. The zero-order chi connectivity index (χ0) is 10.4. The van der Waals surface area contributed by atoms with Crippen molar-refractivity contribution in [1.29, 1.82) is 0 Å². The lowest BCUT2D eigenvalue weighted by atomic mass is 10.1. The summed E-state index contributed by atoms with van der Waals surface area (Å²) in [6.45, 7) is 0.157. The SMILES string of the molecule is O=C(O)c1coc2cc3c(cc12)OCO3. The molecule has 5 nitrogen and oxygen atoms in total. The van der Waals surface area contributed by atoms with Crippen LogP contribution < -0.4 is 9.47 Å². The molecule has 76 valence electrons. The predicted molar refractivity (Wildman–Crippen MR) is 49.3 cm³/mol. The number of aromatic carboxylic acids is 1. The van der Waals surface area contributed by atoms with E-state index in [0.29, 0.717) is 22.5 Å². The van der Waals surface area contributed by atoms with Gasteiger partial charge >= 0.3 is 5.97 Å². The quantitative estimate of drug-likeness (QED) is 0.771. The first kappa shape index (κ1) is 8.16. The van der Waals surface area contributed by atoms with Gasteiger partial charge < -0.3 is 19.0 Å². The van der Waals surface area contributed by atoms with E-state index in [9.17, 15) is 4.79 Å². The number of ether oxygens (including phenoxy) is 2. The molecule has 0 saturated carbocycles. The van der Waals surface area contributed by atoms with Crippen LogP contribution in [0.25, 0.3) is 11.0 Å². The first-order valence-corrected chi connectivity index (χ1v) is 4.30. The Bertz CT molecular complexity index is 554. The second-order valence-electron chi connectivity index (χ2n) is 3.16. The van der Waals surface area contributed by atoms with E-state index >= 15 is 0 Å². The molecule has 1 aliphatic rings. The van der Waals surface area contributed by atoms with Gasteiger partial charge in [-0.3, -0.25) is 0 Å². The third-order valence-electron chi connectivity index (χ3n) is 2.30. The van der Waals surface area contributed by atoms with Crippen molar-refractivity contribution in [3.8, 4) is 11.5 Å². The molecular weight excluding hydrogens is 200 g/mol. The van der Waals surface area contributed by atoms with Crippen LogP contribution in [0.3, 0.4) is 0 Å². The fourth-order valence-electron chi connectivity index (χ4n) is 1.58. The molecule has 0 spiro atoms. The minimum atomic E-state index is -1.02. The van der Waals surface area contributed by atoms with Gasteiger partial charge in [0.15, 0.2) is 11.5 Å². The van der Waals surface area contributed by atoms with Crippen LogP contribution in [0.5, 0.6) is 11.5 Å². The number of hydrogen-bond acceptors (Lipinski definition) is 4. The molecule has 0 unspecified atom stereocenters. The van der Waals surface area contributed by atoms with Gasteiger partial charge in [0, 0.05) is 11.5 Å². The normalized spacial score (nSPS) is 13.3. The molecule has 1 aliphatic heterocycles. The molecule has 0 bridgehead atoms. The van der Waals surface area contributed by atoms with Crippen molar-refractivity contribution in [1.82, 2.24) is 0 Å². The standard InChI is InChI=1S/C10H6O5/c11-10(12)6-3-13-7-2-9-8(1-5(6)7)14-4-15-9/h1-3H,4H2,(H,11,12). The Morgan fingerprint density at radius 3 is 2.73 bits per heavy atom. The van der Waals surface area contributed by atoms with Gasteiger partial charge in [-0.15, -0.1) is 0 Å². The monoisotopic (exact) mass is 206 g/mol. The van der Waals surface area contributed by atoms with Gasteiger partial charge in [-0.05, 0) is 6.07 Å². The lowest BCUT2D eigenvalue weighted by molar-refractivity contribution is 0.0698. The molecule has 0 atom stereocenters. The highest BCUT2D eigenvalue weighted by atomic mass is 16.7. The van der Waals surface area contributed by atoms with Gasteiger partial charge in [-0.1, -0.05) is 0 Å². The highest BCUT2D eigenvalue weighted by Gasteiger charge is 2.19. The maximum Gasteiger partial charge on any atom is 0.339 e. The molecule has 1 aromatic carbocycles. The molecule has 2 heterocycles. The van der Waals surface area contributed by atoms with Crippen LogP contribution in [0.2, 0.25) is 0 Å². The summed E-state index contributed by atoms with van der Waals surface area (Å²) < 4.78 is 15.4. The second-order valence-corrected chi connectivity index (χ2v) is 3.16. The number of rotatable bonds is 1.